The Labute approximate surface area is 176 Å². The Morgan fingerprint density at radius 1 is 1.00 bits per heavy atom. The number of nitrogens with zero attached hydrogens (tertiary/aromatic N) is 5. The predicted octanol–water partition coefficient (Wildman–Crippen LogP) is 0.774. The number of sulfone groups is 1. The number of nitro groups is 1. The van der Waals surface area contributed by atoms with Gasteiger partial charge in [0.1, 0.15) is 0 Å². The number of piperazine rings is 1. The standard InChI is InChI=1S/C18H29N7O4S/c26-25(27)15-16(20-14-4-2-1-3-5-14)21-18(24-8-6-19-7-9-24)22-17(15)23-10-12-30(28,29)13-11-23/h14,19H,1-13H2,(H,20,21,22). The van der Waals surface area contributed by atoms with Gasteiger partial charge in [0.15, 0.2) is 9.84 Å². The molecule has 0 bridgehead atoms. The largest absolute Gasteiger partial charge is 0.361 e. The first-order valence-corrected chi connectivity index (χ1v) is 12.5. The Bertz CT molecular complexity index is 869. The normalized spacial score (nSPS) is 22.7. The molecular weight excluding hydrogens is 410 g/mol. The van der Waals surface area contributed by atoms with Crippen molar-refractivity contribution in [2.75, 3.05) is 65.9 Å². The monoisotopic (exact) mass is 439 g/mol. The lowest BCUT2D eigenvalue weighted by Crippen LogP contribution is -2.45. The minimum Gasteiger partial charge on any atom is -0.361 e. The fraction of sp³-hybridized carbons (Fsp3) is 0.778. The van der Waals surface area contributed by atoms with E-state index in [1.807, 2.05) is 4.90 Å². The summed E-state index contributed by atoms with van der Waals surface area (Å²) in [5.74, 6) is 0.879. The second-order valence-corrected chi connectivity index (χ2v) is 10.5. The molecule has 3 aliphatic rings. The van der Waals surface area contributed by atoms with E-state index in [1.165, 1.54) is 6.42 Å². The maximum absolute atomic E-state index is 12.1. The molecule has 1 aromatic heterocycles. The first-order valence-electron chi connectivity index (χ1n) is 10.7. The smallest absolute Gasteiger partial charge is 0.353 e. The highest BCUT2D eigenvalue weighted by molar-refractivity contribution is 7.91. The Morgan fingerprint density at radius 2 is 1.67 bits per heavy atom. The zero-order valence-electron chi connectivity index (χ0n) is 17.0. The van der Waals surface area contributed by atoms with E-state index in [2.05, 4.69) is 20.6 Å². The average molecular weight is 440 g/mol. The maximum Gasteiger partial charge on any atom is 0.353 e. The first kappa shape index (κ1) is 21.0. The molecule has 166 valence electrons. The fourth-order valence-corrected chi connectivity index (χ4v) is 5.49. The van der Waals surface area contributed by atoms with E-state index in [0.29, 0.717) is 19.0 Å². The second kappa shape index (κ2) is 8.88. The molecule has 1 aliphatic carbocycles. The third-order valence-corrected chi connectivity index (χ3v) is 7.64. The molecule has 0 atom stereocenters. The van der Waals surface area contributed by atoms with Crippen LogP contribution in [0.25, 0.3) is 0 Å². The molecule has 0 amide bonds. The van der Waals surface area contributed by atoms with Crippen molar-refractivity contribution in [2.24, 2.45) is 0 Å². The van der Waals surface area contributed by atoms with Crippen molar-refractivity contribution in [3.05, 3.63) is 10.1 Å². The quantitative estimate of drug-likeness (QED) is 0.500. The van der Waals surface area contributed by atoms with E-state index in [0.717, 1.165) is 38.8 Å². The van der Waals surface area contributed by atoms with Crippen molar-refractivity contribution in [2.45, 2.75) is 38.1 Å². The molecule has 12 heteroatoms. The lowest BCUT2D eigenvalue weighted by molar-refractivity contribution is -0.383. The average Bonchev–Trinajstić information content (AvgIpc) is 2.74. The van der Waals surface area contributed by atoms with Crippen LogP contribution in [0.5, 0.6) is 0 Å². The van der Waals surface area contributed by atoms with Crippen molar-refractivity contribution < 1.29 is 13.3 Å². The van der Waals surface area contributed by atoms with Gasteiger partial charge >= 0.3 is 5.69 Å². The Kier molecular flexibility index (Phi) is 6.23. The molecule has 0 radical (unpaired) electrons. The van der Waals surface area contributed by atoms with Crippen LogP contribution in [0, 0.1) is 10.1 Å². The number of nitrogens with one attached hydrogen (secondary N) is 2. The van der Waals surface area contributed by atoms with Gasteiger partial charge in [0.25, 0.3) is 0 Å². The van der Waals surface area contributed by atoms with E-state index in [4.69, 9.17) is 0 Å². The summed E-state index contributed by atoms with van der Waals surface area (Å²) < 4.78 is 23.7. The summed E-state index contributed by atoms with van der Waals surface area (Å²) in [6, 6.07) is 0.151. The molecule has 30 heavy (non-hydrogen) atoms. The number of anilines is 3. The van der Waals surface area contributed by atoms with Crippen LogP contribution in [0.2, 0.25) is 0 Å². The zero-order valence-corrected chi connectivity index (χ0v) is 17.9. The summed E-state index contributed by atoms with van der Waals surface area (Å²) in [6.07, 6.45) is 5.29. The third-order valence-electron chi connectivity index (χ3n) is 6.03. The van der Waals surface area contributed by atoms with Crippen molar-refractivity contribution in [1.29, 1.82) is 0 Å². The molecule has 0 aromatic carbocycles. The summed E-state index contributed by atoms with van der Waals surface area (Å²) in [5, 5.41) is 18.7. The van der Waals surface area contributed by atoms with Gasteiger partial charge in [-0.15, -0.1) is 0 Å². The summed E-state index contributed by atoms with van der Waals surface area (Å²) >= 11 is 0. The van der Waals surface area contributed by atoms with Crippen LogP contribution in [-0.2, 0) is 9.84 Å². The van der Waals surface area contributed by atoms with Gasteiger partial charge in [0.05, 0.1) is 16.4 Å². The topological polar surface area (TPSA) is 134 Å². The molecule has 2 N–H and O–H groups in total. The molecule has 3 fully saturated rings. The van der Waals surface area contributed by atoms with Crippen molar-refractivity contribution in [3.8, 4) is 0 Å². The molecule has 3 heterocycles. The van der Waals surface area contributed by atoms with Gasteiger partial charge in [-0.2, -0.15) is 9.97 Å². The molecule has 0 unspecified atom stereocenters. The lowest BCUT2D eigenvalue weighted by Gasteiger charge is -2.31. The highest BCUT2D eigenvalue weighted by atomic mass is 32.2. The van der Waals surface area contributed by atoms with E-state index < -0.39 is 14.8 Å². The lowest BCUT2D eigenvalue weighted by atomic mass is 9.95. The van der Waals surface area contributed by atoms with Crippen LogP contribution in [0.4, 0.5) is 23.3 Å². The summed E-state index contributed by atoms with van der Waals surface area (Å²) in [7, 11) is -3.11. The summed E-state index contributed by atoms with van der Waals surface area (Å²) in [5.41, 5.74) is -0.154. The van der Waals surface area contributed by atoms with Crippen LogP contribution in [0.15, 0.2) is 0 Å². The number of hydrogen-bond donors (Lipinski definition) is 2. The van der Waals surface area contributed by atoms with Crippen molar-refractivity contribution in [3.63, 3.8) is 0 Å². The van der Waals surface area contributed by atoms with Gasteiger partial charge < -0.3 is 20.4 Å². The van der Waals surface area contributed by atoms with Crippen LogP contribution >= 0.6 is 0 Å². The third kappa shape index (κ3) is 4.75. The zero-order chi connectivity index (χ0) is 21.1. The minimum atomic E-state index is -3.11. The summed E-state index contributed by atoms with van der Waals surface area (Å²) in [4.78, 5) is 24.5. The molecule has 11 nitrogen and oxygen atoms in total. The maximum atomic E-state index is 12.1. The van der Waals surface area contributed by atoms with E-state index in [9.17, 15) is 18.5 Å². The first-order chi connectivity index (χ1) is 14.4. The Morgan fingerprint density at radius 3 is 2.30 bits per heavy atom. The number of aromatic nitrogens is 2. The second-order valence-electron chi connectivity index (χ2n) is 8.16. The van der Waals surface area contributed by atoms with Crippen molar-refractivity contribution >= 4 is 33.1 Å². The highest BCUT2D eigenvalue weighted by Gasteiger charge is 2.34. The molecule has 1 saturated carbocycles. The fourth-order valence-electron chi connectivity index (χ4n) is 4.29. The molecule has 0 spiro atoms. The van der Waals surface area contributed by atoms with E-state index in [-0.39, 0.29) is 48.0 Å². The van der Waals surface area contributed by atoms with Crippen LogP contribution in [-0.4, -0.2) is 80.1 Å². The molecular formula is C18H29N7O4S. The molecule has 4 rings (SSSR count). The van der Waals surface area contributed by atoms with Crippen molar-refractivity contribution in [1.82, 2.24) is 15.3 Å². The van der Waals surface area contributed by atoms with Crippen LogP contribution in [0.1, 0.15) is 32.1 Å². The highest BCUT2D eigenvalue weighted by Crippen LogP contribution is 2.37. The number of hydrogen-bond acceptors (Lipinski definition) is 10. The van der Waals surface area contributed by atoms with E-state index >= 15 is 0 Å². The van der Waals surface area contributed by atoms with Crippen LogP contribution < -0.4 is 20.4 Å². The molecule has 1 aromatic rings. The molecule has 2 aliphatic heterocycles. The SMILES string of the molecule is O=[N+]([O-])c1c(NC2CCCCC2)nc(N2CCNCC2)nc1N1CCS(=O)(=O)CC1. The number of rotatable bonds is 5. The van der Waals surface area contributed by atoms with E-state index in [1.54, 1.807) is 4.90 Å². The molecule has 2 saturated heterocycles. The minimum absolute atomic E-state index is 0.0253. The Hall–Kier alpha value is -2.21. The van der Waals surface area contributed by atoms with Gasteiger partial charge in [-0.25, -0.2) is 8.42 Å². The van der Waals surface area contributed by atoms with Gasteiger partial charge in [-0.05, 0) is 12.8 Å². The van der Waals surface area contributed by atoms with Gasteiger partial charge in [0.2, 0.25) is 17.6 Å². The van der Waals surface area contributed by atoms with Gasteiger partial charge in [-0.1, -0.05) is 19.3 Å². The van der Waals surface area contributed by atoms with Gasteiger partial charge in [-0.3, -0.25) is 10.1 Å². The summed E-state index contributed by atoms with van der Waals surface area (Å²) in [6.45, 7) is 3.42. The van der Waals surface area contributed by atoms with Crippen LogP contribution in [0.3, 0.4) is 0 Å². The Balaban J connectivity index is 1.73. The predicted molar refractivity (Wildman–Crippen MR) is 115 cm³/mol. The van der Waals surface area contributed by atoms with Gasteiger partial charge in [0, 0.05) is 45.3 Å².